The molecule has 0 fully saturated rings. The first kappa shape index (κ1) is 18.4. The number of thioether (sulfide) groups is 1. The van der Waals surface area contributed by atoms with Crippen molar-refractivity contribution in [3.63, 3.8) is 0 Å². The average Bonchev–Trinajstić information content (AvgIpc) is 2.60. The van der Waals surface area contributed by atoms with Crippen molar-refractivity contribution in [3.8, 4) is 28.8 Å². The molecule has 1 heterocycles. The third-order valence-corrected chi connectivity index (χ3v) is 4.27. The van der Waals surface area contributed by atoms with E-state index in [-0.39, 0.29) is 16.4 Å². The van der Waals surface area contributed by atoms with Gasteiger partial charge < -0.3 is 19.6 Å². The number of nitrogens with one attached hydrogen (secondary N) is 1. The second kappa shape index (κ2) is 7.72. The van der Waals surface area contributed by atoms with Gasteiger partial charge in [0.2, 0.25) is 0 Å². The van der Waals surface area contributed by atoms with Crippen LogP contribution in [0.1, 0.15) is 12.5 Å². The molecule has 1 aromatic heterocycles. The Morgan fingerprint density at radius 3 is 2.60 bits per heavy atom. The maximum absolute atomic E-state index is 12.2. The Labute approximate surface area is 147 Å². The van der Waals surface area contributed by atoms with E-state index < -0.39 is 16.8 Å². The number of nitrogens with zero attached hydrogens (tertiary/aromatic N) is 2. The zero-order chi connectivity index (χ0) is 18.6. The normalized spacial score (nSPS) is 11.4. The number of nitriles is 1. The minimum Gasteiger partial charge on any atom is -0.493 e. The number of ether oxygens (including phenoxy) is 2. The minimum atomic E-state index is -1.04. The highest BCUT2D eigenvalue weighted by atomic mass is 32.2. The van der Waals surface area contributed by atoms with E-state index in [4.69, 9.17) is 14.6 Å². The first-order chi connectivity index (χ1) is 11.9. The second-order valence-electron chi connectivity index (χ2n) is 4.87. The highest BCUT2D eigenvalue weighted by Crippen LogP contribution is 2.33. The van der Waals surface area contributed by atoms with Gasteiger partial charge in [0.25, 0.3) is 5.56 Å². The Morgan fingerprint density at radius 1 is 1.36 bits per heavy atom. The minimum absolute atomic E-state index is 0.115. The quantitative estimate of drug-likeness (QED) is 0.590. The highest BCUT2D eigenvalue weighted by molar-refractivity contribution is 8.00. The maximum atomic E-state index is 12.2. The molecule has 25 heavy (non-hydrogen) atoms. The zero-order valence-corrected chi connectivity index (χ0v) is 14.5. The molecule has 8 nitrogen and oxygen atoms in total. The standard InChI is InChI=1S/C16H15N3O5S/c1-8(15(21)22)25-16-18-13(10(7-17)14(20)19-16)9-4-5-11(23-2)12(6-9)24-3/h4-6,8H,1-3H3,(H,21,22)(H,18,19,20). The van der Waals surface area contributed by atoms with Crippen LogP contribution >= 0.6 is 11.8 Å². The van der Waals surface area contributed by atoms with Crippen LogP contribution in [0.2, 0.25) is 0 Å². The molecule has 1 unspecified atom stereocenters. The molecule has 9 heteroatoms. The van der Waals surface area contributed by atoms with Gasteiger partial charge in [0, 0.05) is 5.56 Å². The number of carboxylic acid groups (broad SMARTS) is 1. The summed E-state index contributed by atoms with van der Waals surface area (Å²) in [5, 5.41) is 17.6. The number of aromatic amines is 1. The van der Waals surface area contributed by atoms with Crippen molar-refractivity contribution in [2.75, 3.05) is 14.2 Å². The van der Waals surface area contributed by atoms with E-state index in [1.165, 1.54) is 21.1 Å². The fraction of sp³-hybridized carbons (Fsp3) is 0.250. The van der Waals surface area contributed by atoms with E-state index in [1.807, 2.05) is 6.07 Å². The van der Waals surface area contributed by atoms with Crippen LogP contribution in [0, 0.1) is 11.3 Å². The van der Waals surface area contributed by atoms with Crippen LogP contribution in [-0.4, -0.2) is 40.5 Å². The summed E-state index contributed by atoms with van der Waals surface area (Å²) in [6, 6.07) is 6.69. The molecule has 2 N–H and O–H groups in total. The Kier molecular flexibility index (Phi) is 5.67. The Balaban J connectivity index is 2.60. The number of hydrogen-bond acceptors (Lipinski definition) is 7. The van der Waals surface area contributed by atoms with Crippen LogP contribution in [0.5, 0.6) is 11.5 Å². The summed E-state index contributed by atoms with van der Waals surface area (Å²) in [4.78, 5) is 29.8. The van der Waals surface area contributed by atoms with Crippen LogP contribution < -0.4 is 15.0 Å². The molecular formula is C16H15N3O5S. The molecule has 1 aromatic carbocycles. The lowest BCUT2D eigenvalue weighted by molar-refractivity contribution is -0.136. The number of carbonyl (C=O) groups is 1. The van der Waals surface area contributed by atoms with E-state index in [0.29, 0.717) is 17.1 Å². The average molecular weight is 361 g/mol. The molecule has 0 aliphatic heterocycles. The van der Waals surface area contributed by atoms with E-state index in [1.54, 1.807) is 18.2 Å². The summed E-state index contributed by atoms with van der Waals surface area (Å²) >= 11 is 0.880. The summed E-state index contributed by atoms with van der Waals surface area (Å²) in [6.07, 6.45) is 0. The van der Waals surface area contributed by atoms with Crippen LogP contribution in [-0.2, 0) is 4.79 Å². The Hall–Kier alpha value is -2.99. The van der Waals surface area contributed by atoms with Gasteiger partial charge in [0.05, 0.1) is 19.9 Å². The third-order valence-electron chi connectivity index (χ3n) is 3.30. The summed E-state index contributed by atoms with van der Waals surface area (Å²) in [6.45, 7) is 1.47. The monoisotopic (exact) mass is 361 g/mol. The summed E-state index contributed by atoms with van der Waals surface area (Å²) in [7, 11) is 2.96. The molecule has 0 radical (unpaired) electrons. The molecule has 0 saturated carbocycles. The predicted molar refractivity (Wildman–Crippen MR) is 91.1 cm³/mol. The predicted octanol–water partition coefficient (Wildman–Crippen LogP) is 1.89. The number of benzene rings is 1. The van der Waals surface area contributed by atoms with Crippen molar-refractivity contribution in [1.29, 1.82) is 5.26 Å². The number of aliphatic carboxylic acids is 1. The number of rotatable bonds is 6. The largest absolute Gasteiger partial charge is 0.493 e. The fourth-order valence-electron chi connectivity index (χ4n) is 2.02. The SMILES string of the molecule is COc1ccc(-c2nc(SC(C)C(=O)O)[nH]c(=O)c2C#N)cc1OC. The van der Waals surface area contributed by atoms with E-state index in [2.05, 4.69) is 9.97 Å². The zero-order valence-electron chi connectivity index (χ0n) is 13.7. The number of methoxy groups -OCH3 is 2. The van der Waals surface area contributed by atoms with Gasteiger partial charge in [0.15, 0.2) is 16.7 Å². The van der Waals surface area contributed by atoms with Crippen LogP contribution in [0.4, 0.5) is 0 Å². The molecule has 1 atom stereocenters. The molecule has 0 amide bonds. The van der Waals surface area contributed by atoms with Gasteiger partial charge in [-0.15, -0.1) is 0 Å². The van der Waals surface area contributed by atoms with Crippen LogP contribution in [0.3, 0.4) is 0 Å². The van der Waals surface area contributed by atoms with Gasteiger partial charge in [-0.3, -0.25) is 9.59 Å². The van der Waals surface area contributed by atoms with Crippen LogP contribution in [0.25, 0.3) is 11.3 Å². The molecular weight excluding hydrogens is 346 g/mol. The van der Waals surface area contributed by atoms with E-state index >= 15 is 0 Å². The first-order valence-corrected chi connectivity index (χ1v) is 7.95. The van der Waals surface area contributed by atoms with Gasteiger partial charge in [0.1, 0.15) is 16.9 Å². The van der Waals surface area contributed by atoms with Crippen molar-refractivity contribution in [2.45, 2.75) is 17.3 Å². The summed E-state index contributed by atoms with van der Waals surface area (Å²) in [5.74, 6) is -0.132. The van der Waals surface area contributed by atoms with Crippen molar-refractivity contribution in [3.05, 3.63) is 34.1 Å². The van der Waals surface area contributed by atoms with E-state index in [0.717, 1.165) is 11.8 Å². The van der Waals surface area contributed by atoms with Gasteiger partial charge in [-0.05, 0) is 25.1 Å². The van der Waals surface area contributed by atoms with Crippen molar-refractivity contribution in [1.82, 2.24) is 9.97 Å². The molecule has 0 aliphatic carbocycles. The van der Waals surface area contributed by atoms with Gasteiger partial charge in [-0.1, -0.05) is 11.8 Å². The topological polar surface area (TPSA) is 125 Å². The number of carboxylic acids is 1. The lowest BCUT2D eigenvalue weighted by Gasteiger charge is -2.11. The molecule has 0 bridgehead atoms. The third kappa shape index (κ3) is 3.92. The van der Waals surface area contributed by atoms with Crippen molar-refractivity contribution < 1.29 is 19.4 Å². The Bertz CT molecular complexity index is 904. The lowest BCUT2D eigenvalue weighted by atomic mass is 10.1. The van der Waals surface area contributed by atoms with Gasteiger partial charge in [-0.2, -0.15) is 5.26 Å². The van der Waals surface area contributed by atoms with Crippen LogP contribution in [0.15, 0.2) is 28.2 Å². The lowest BCUT2D eigenvalue weighted by Crippen LogP contribution is -2.17. The summed E-state index contributed by atoms with van der Waals surface area (Å²) in [5.41, 5.74) is -0.181. The van der Waals surface area contributed by atoms with Crippen molar-refractivity contribution in [2.24, 2.45) is 0 Å². The second-order valence-corrected chi connectivity index (χ2v) is 6.20. The molecule has 130 valence electrons. The number of H-pyrrole nitrogens is 1. The van der Waals surface area contributed by atoms with Crippen molar-refractivity contribution >= 4 is 17.7 Å². The van der Waals surface area contributed by atoms with Gasteiger partial charge >= 0.3 is 5.97 Å². The van der Waals surface area contributed by atoms with E-state index in [9.17, 15) is 14.9 Å². The Morgan fingerprint density at radius 2 is 2.04 bits per heavy atom. The maximum Gasteiger partial charge on any atom is 0.316 e. The number of hydrogen-bond donors (Lipinski definition) is 2. The fourth-order valence-corrected chi connectivity index (χ4v) is 2.75. The molecule has 2 rings (SSSR count). The molecule has 0 spiro atoms. The summed E-state index contributed by atoms with van der Waals surface area (Å²) < 4.78 is 10.4. The molecule has 0 aliphatic rings. The smallest absolute Gasteiger partial charge is 0.316 e. The molecule has 0 saturated heterocycles. The highest BCUT2D eigenvalue weighted by Gasteiger charge is 2.19. The first-order valence-electron chi connectivity index (χ1n) is 7.07. The van der Waals surface area contributed by atoms with Gasteiger partial charge in [-0.25, -0.2) is 4.98 Å². The molecule has 2 aromatic rings. The number of aromatic nitrogens is 2.